The van der Waals surface area contributed by atoms with Crippen molar-refractivity contribution in [3.8, 4) is 0 Å². The van der Waals surface area contributed by atoms with E-state index in [0.29, 0.717) is 6.61 Å². The van der Waals surface area contributed by atoms with Crippen molar-refractivity contribution in [2.24, 2.45) is 5.73 Å². The molecule has 17 heavy (non-hydrogen) atoms. The lowest BCUT2D eigenvalue weighted by Crippen LogP contribution is -2.44. The second-order valence-electron chi connectivity index (χ2n) is 4.02. The molecule has 1 fully saturated rings. The van der Waals surface area contributed by atoms with E-state index < -0.39 is 11.2 Å². The molecule has 1 heterocycles. The van der Waals surface area contributed by atoms with Gasteiger partial charge in [-0.2, -0.15) is 0 Å². The van der Waals surface area contributed by atoms with Crippen molar-refractivity contribution in [2.75, 3.05) is 6.61 Å². The first-order valence-electron chi connectivity index (χ1n) is 5.35. The topological polar surface area (TPSA) is 87.6 Å². The molecule has 0 aliphatic carbocycles. The van der Waals surface area contributed by atoms with Gasteiger partial charge in [-0.05, 0) is 19.1 Å². The molecule has 92 valence electrons. The summed E-state index contributed by atoms with van der Waals surface area (Å²) in [6.45, 7) is 2.30. The first-order chi connectivity index (χ1) is 8.08. The molecule has 1 aliphatic rings. The summed E-state index contributed by atoms with van der Waals surface area (Å²) >= 11 is 0. The Morgan fingerprint density at radius 3 is 2.59 bits per heavy atom. The van der Waals surface area contributed by atoms with Gasteiger partial charge in [0.25, 0.3) is 5.69 Å². The highest BCUT2D eigenvalue weighted by Gasteiger charge is 2.27. The zero-order valence-electron chi connectivity index (χ0n) is 9.41. The Bertz CT molecular complexity index is 406. The highest BCUT2D eigenvalue weighted by Crippen LogP contribution is 2.26. The van der Waals surface area contributed by atoms with E-state index in [1.165, 1.54) is 12.1 Å². The molecule has 2 N–H and O–H groups in total. The number of non-ortho nitro benzene ring substituents is 1. The summed E-state index contributed by atoms with van der Waals surface area (Å²) in [5, 5.41) is 10.5. The monoisotopic (exact) mass is 238 g/mol. The molecule has 0 amide bonds. The van der Waals surface area contributed by atoms with Gasteiger partial charge in [0.15, 0.2) is 6.29 Å². The molecule has 6 nitrogen and oxygen atoms in total. The maximum atomic E-state index is 10.5. The van der Waals surface area contributed by atoms with Gasteiger partial charge >= 0.3 is 0 Å². The van der Waals surface area contributed by atoms with Crippen LogP contribution >= 0.6 is 0 Å². The maximum absolute atomic E-state index is 10.5. The van der Waals surface area contributed by atoms with Crippen molar-refractivity contribution >= 4 is 5.69 Å². The normalized spacial score (nSPS) is 28.9. The van der Waals surface area contributed by atoms with E-state index in [0.717, 1.165) is 5.56 Å². The molecule has 0 aromatic heterocycles. The third-order valence-electron chi connectivity index (χ3n) is 2.76. The minimum absolute atomic E-state index is 0.0503. The van der Waals surface area contributed by atoms with Crippen LogP contribution in [0.5, 0.6) is 0 Å². The number of rotatable bonds is 2. The second kappa shape index (κ2) is 4.79. The quantitative estimate of drug-likeness (QED) is 0.620. The van der Waals surface area contributed by atoms with Gasteiger partial charge in [0.2, 0.25) is 0 Å². The van der Waals surface area contributed by atoms with Crippen molar-refractivity contribution in [3.05, 3.63) is 39.9 Å². The Balaban J connectivity index is 2.10. The predicted molar refractivity (Wildman–Crippen MR) is 60.3 cm³/mol. The van der Waals surface area contributed by atoms with Crippen molar-refractivity contribution in [1.82, 2.24) is 0 Å². The molecule has 0 radical (unpaired) electrons. The van der Waals surface area contributed by atoms with Crippen LogP contribution in [0.1, 0.15) is 18.8 Å². The summed E-state index contributed by atoms with van der Waals surface area (Å²) in [5.74, 6) is 0. The minimum atomic E-state index is -0.495. The van der Waals surface area contributed by atoms with Crippen LogP contribution in [-0.4, -0.2) is 23.7 Å². The molecule has 0 spiro atoms. The molecule has 6 heteroatoms. The smallest absolute Gasteiger partial charge is 0.269 e. The molecule has 0 saturated carbocycles. The summed E-state index contributed by atoms with van der Waals surface area (Å²) in [7, 11) is 0. The van der Waals surface area contributed by atoms with Crippen LogP contribution in [0.15, 0.2) is 24.3 Å². The van der Waals surface area contributed by atoms with Gasteiger partial charge in [-0.1, -0.05) is 0 Å². The molecule has 1 aliphatic heterocycles. The van der Waals surface area contributed by atoms with E-state index in [1.54, 1.807) is 12.1 Å². The zero-order valence-corrected chi connectivity index (χ0v) is 9.41. The van der Waals surface area contributed by atoms with Crippen LogP contribution in [-0.2, 0) is 9.47 Å². The number of benzene rings is 1. The number of hydrogen-bond acceptors (Lipinski definition) is 5. The lowest BCUT2D eigenvalue weighted by atomic mass is 10.1. The number of nitrogens with zero attached hydrogens (tertiary/aromatic N) is 1. The van der Waals surface area contributed by atoms with Crippen LogP contribution in [0.25, 0.3) is 0 Å². The average Bonchev–Trinajstić information content (AvgIpc) is 2.33. The SMILES string of the molecule is C[C@H]1O[C@@H](c2ccc([N+](=O)[O-])cc2)OC[C@H]1N. The van der Waals surface area contributed by atoms with Gasteiger partial charge in [0.05, 0.1) is 23.7 Å². The molecular formula is C11H14N2O4. The summed E-state index contributed by atoms with van der Waals surface area (Å²) in [4.78, 5) is 10.1. The molecule has 1 aromatic carbocycles. The third kappa shape index (κ3) is 2.60. The van der Waals surface area contributed by atoms with Crippen molar-refractivity contribution in [1.29, 1.82) is 0 Å². The van der Waals surface area contributed by atoms with Gasteiger partial charge in [0, 0.05) is 17.7 Å². The van der Waals surface area contributed by atoms with E-state index in [4.69, 9.17) is 15.2 Å². The largest absolute Gasteiger partial charge is 0.347 e. The lowest BCUT2D eigenvalue weighted by Gasteiger charge is -2.32. The molecule has 0 bridgehead atoms. The van der Waals surface area contributed by atoms with Crippen LogP contribution in [0.4, 0.5) is 5.69 Å². The first kappa shape index (κ1) is 12.0. The number of hydrogen-bond donors (Lipinski definition) is 1. The van der Waals surface area contributed by atoms with E-state index in [-0.39, 0.29) is 17.8 Å². The fourth-order valence-electron chi connectivity index (χ4n) is 1.60. The number of nitro benzene ring substituents is 1. The molecule has 2 rings (SSSR count). The second-order valence-corrected chi connectivity index (χ2v) is 4.02. The predicted octanol–water partition coefficient (Wildman–Crippen LogP) is 1.36. The fraction of sp³-hybridized carbons (Fsp3) is 0.455. The molecular weight excluding hydrogens is 224 g/mol. The standard InChI is InChI=1S/C11H14N2O4/c1-7-10(12)6-16-11(17-7)8-2-4-9(5-3-8)13(14)15/h2-5,7,10-11H,6,12H2,1H3/t7-,10-,11+/m1/s1. The zero-order chi connectivity index (χ0) is 12.4. The Morgan fingerprint density at radius 1 is 1.41 bits per heavy atom. The van der Waals surface area contributed by atoms with Gasteiger partial charge in [-0.25, -0.2) is 0 Å². The van der Waals surface area contributed by atoms with Crippen LogP contribution in [0.3, 0.4) is 0 Å². The van der Waals surface area contributed by atoms with Crippen molar-refractivity contribution in [2.45, 2.75) is 25.4 Å². The summed E-state index contributed by atoms with van der Waals surface area (Å²) in [6, 6.07) is 5.99. The number of nitro groups is 1. The van der Waals surface area contributed by atoms with E-state index in [1.807, 2.05) is 6.92 Å². The lowest BCUT2D eigenvalue weighted by molar-refractivity contribution is -0.384. The molecule has 1 aromatic rings. The van der Waals surface area contributed by atoms with Crippen LogP contribution in [0.2, 0.25) is 0 Å². The number of ether oxygens (including phenoxy) is 2. The van der Waals surface area contributed by atoms with Gasteiger partial charge in [-0.3, -0.25) is 10.1 Å². The van der Waals surface area contributed by atoms with Crippen molar-refractivity contribution in [3.63, 3.8) is 0 Å². The van der Waals surface area contributed by atoms with Crippen LogP contribution in [0, 0.1) is 10.1 Å². The Labute approximate surface area is 98.5 Å². The summed E-state index contributed by atoms with van der Waals surface area (Å²) in [5.41, 5.74) is 6.55. The Kier molecular flexibility index (Phi) is 3.37. The van der Waals surface area contributed by atoms with Gasteiger partial charge < -0.3 is 15.2 Å². The summed E-state index contributed by atoms with van der Waals surface area (Å²) < 4.78 is 11.0. The van der Waals surface area contributed by atoms with E-state index >= 15 is 0 Å². The molecule has 3 atom stereocenters. The Morgan fingerprint density at radius 2 is 2.06 bits per heavy atom. The number of nitrogens with two attached hydrogens (primary N) is 1. The maximum Gasteiger partial charge on any atom is 0.269 e. The third-order valence-corrected chi connectivity index (χ3v) is 2.76. The highest BCUT2D eigenvalue weighted by atomic mass is 16.7. The van der Waals surface area contributed by atoms with Crippen LogP contribution < -0.4 is 5.73 Å². The first-order valence-corrected chi connectivity index (χ1v) is 5.35. The van der Waals surface area contributed by atoms with E-state index in [9.17, 15) is 10.1 Å². The summed E-state index contributed by atoms with van der Waals surface area (Å²) in [6.07, 6.45) is -0.588. The van der Waals surface area contributed by atoms with E-state index in [2.05, 4.69) is 0 Å². The highest BCUT2D eigenvalue weighted by molar-refractivity contribution is 5.33. The Hall–Kier alpha value is -1.50. The van der Waals surface area contributed by atoms with Gasteiger partial charge in [-0.15, -0.1) is 0 Å². The van der Waals surface area contributed by atoms with Gasteiger partial charge in [0.1, 0.15) is 0 Å². The average molecular weight is 238 g/mol. The fourth-order valence-corrected chi connectivity index (χ4v) is 1.60. The minimum Gasteiger partial charge on any atom is -0.347 e. The molecule has 0 unspecified atom stereocenters. The van der Waals surface area contributed by atoms with Crippen molar-refractivity contribution < 1.29 is 14.4 Å². The molecule has 1 saturated heterocycles.